The van der Waals surface area contributed by atoms with Crippen LogP contribution in [0.25, 0.3) is 0 Å². The van der Waals surface area contributed by atoms with Gasteiger partial charge < -0.3 is 0 Å². The molecule has 0 aliphatic rings. The minimum absolute atomic E-state index is 0.315. The summed E-state index contributed by atoms with van der Waals surface area (Å²) in [6.45, 7) is 1.66. The molecule has 0 amide bonds. The van der Waals surface area contributed by atoms with Gasteiger partial charge in [0.1, 0.15) is 21.5 Å². The molecule has 0 heterocycles. The fourth-order valence-corrected chi connectivity index (χ4v) is 0.864. The van der Waals surface area contributed by atoms with Crippen molar-refractivity contribution in [3.05, 3.63) is 0 Å². The third kappa shape index (κ3) is 2.20. The van der Waals surface area contributed by atoms with E-state index in [0.717, 1.165) is 12.6 Å². The minimum Gasteiger partial charge on any atom is -0.300 e. The number of Topliss-reactive ketones (excluding diaryl/α,β-unsaturated/α-hetero) is 1. The average molecular weight is 110 g/mol. The number of rotatable bonds is 3. The van der Waals surface area contributed by atoms with E-state index in [9.17, 15) is 4.79 Å². The van der Waals surface area contributed by atoms with E-state index in [1.54, 1.807) is 6.92 Å². The highest BCUT2D eigenvalue weighted by atomic mass is 16.1. The van der Waals surface area contributed by atoms with Gasteiger partial charge in [0.2, 0.25) is 0 Å². The lowest BCUT2D eigenvalue weighted by Gasteiger charge is -2.04. The Bertz CT molecular complexity index is 78.5. The van der Waals surface area contributed by atoms with Gasteiger partial charge in [0.25, 0.3) is 0 Å². The summed E-state index contributed by atoms with van der Waals surface area (Å²) in [7, 11) is 4.10. The van der Waals surface area contributed by atoms with Crippen molar-refractivity contribution >= 4 is 21.5 Å². The molecule has 0 aliphatic carbocycles. The topological polar surface area (TPSA) is 17.1 Å². The molecule has 0 fully saturated rings. The lowest BCUT2D eigenvalue weighted by molar-refractivity contribution is -0.119. The van der Waals surface area contributed by atoms with E-state index in [1.807, 2.05) is 0 Å². The van der Waals surface area contributed by atoms with Crippen molar-refractivity contribution in [1.82, 2.24) is 0 Å². The van der Waals surface area contributed by atoms with Crippen molar-refractivity contribution in [1.29, 1.82) is 0 Å². The number of ketones is 1. The van der Waals surface area contributed by atoms with Crippen LogP contribution < -0.4 is 0 Å². The summed E-state index contributed by atoms with van der Waals surface area (Å²) in [6, 6.07) is 0. The summed E-state index contributed by atoms with van der Waals surface area (Å²) in [5.41, 5.74) is 0. The van der Waals surface area contributed by atoms with Crippen molar-refractivity contribution in [2.75, 3.05) is 0 Å². The highest BCUT2D eigenvalue weighted by molar-refractivity contribution is 6.14. The zero-order valence-electron chi connectivity index (χ0n) is 5.90. The van der Waals surface area contributed by atoms with Gasteiger partial charge in [-0.2, -0.15) is 0 Å². The summed E-state index contributed by atoms with van der Waals surface area (Å²) in [6.07, 6.45) is 1.98. The molecule has 0 rings (SSSR count). The predicted octanol–water partition coefficient (Wildman–Crippen LogP) is -0.706. The molecular formula is C5H12B2O. The van der Waals surface area contributed by atoms with Crippen molar-refractivity contribution in [2.24, 2.45) is 5.92 Å². The molecule has 0 spiro atoms. The summed E-state index contributed by atoms with van der Waals surface area (Å²) >= 11 is 0. The van der Waals surface area contributed by atoms with Crippen LogP contribution in [0.2, 0.25) is 12.6 Å². The molecule has 1 nitrogen and oxygen atoms in total. The molecule has 0 aromatic rings. The molecule has 0 bridgehead atoms. The summed E-state index contributed by atoms with van der Waals surface area (Å²) in [4.78, 5) is 10.6. The van der Waals surface area contributed by atoms with Crippen LogP contribution in [0.4, 0.5) is 0 Å². The molecule has 8 heavy (non-hydrogen) atoms. The van der Waals surface area contributed by atoms with E-state index in [1.165, 1.54) is 0 Å². The first-order chi connectivity index (χ1) is 3.72. The van der Waals surface area contributed by atoms with Crippen LogP contribution in [0, 0.1) is 5.92 Å². The smallest absolute Gasteiger partial charge is 0.131 e. The van der Waals surface area contributed by atoms with Gasteiger partial charge in [-0.25, -0.2) is 0 Å². The van der Waals surface area contributed by atoms with Gasteiger partial charge in [-0.15, -0.1) is 0 Å². The van der Waals surface area contributed by atoms with Crippen LogP contribution in [0.15, 0.2) is 0 Å². The highest BCUT2D eigenvalue weighted by Gasteiger charge is 2.06. The summed E-state index contributed by atoms with van der Waals surface area (Å²) in [5, 5.41) is 0. The Labute approximate surface area is 52.7 Å². The largest absolute Gasteiger partial charge is 0.300 e. The Morgan fingerprint density at radius 3 is 1.88 bits per heavy atom. The highest BCUT2D eigenvalue weighted by Crippen LogP contribution is 2.05. The maximum Gasteiger partial charge on any atom is 0.131 e. The Kier molecular flexibility index (Phi) is 3.67. The van der Waals surface area contributed by atoms with Gasteiger partial charge in [-0.1, -0.05) is 12.6 Å². The van der Waals surface area contributed by atoms with Crippen LogP contribution in [0.5, 0.6) is 0 Å². The van der Waals surface area contributed by atoms with E-state index < -0.39 is 0 Å². The third-order valence-electron chi connectivity index (χ3n) is 1.56. The molecular weight excluding hydrogens is 97.7 g/mol. The second-order valence-corrected chi connectivity index (χ2v) is 2.12. The van der Waals surface area contributed by atoms with E-state index >= 15 is 0 Å². The Morgan fingerprint density at radius 2 is 1.88 bits per heavy atom. The maximum absolute atomic E-state index is 10.6. The molecule has 0 aromatic carbocycles. The lowest BCUT2D eigenvalue weighted by Crippen LogP contribution is -2.08. The Morgan fingerprint density at radius 1 is 1.50 bits per heavy atom. The van der Waals surface area contributed by atoms with Gasteiger partial charge in [0.05, 0.1) is 0 Å². The number of carbonyl (C=O) groups is 1. The SMILES string of the molecule is BCC(CB)C(C)=O. The standard InChI is InChI=1S/C5H12B2O/c1-4(8)5(2-6)3-7/h5H,2-3,6-7H2,1H3. The lowest BCUT2D eigenvalue weighted by atomic mass is 9.80. The fraction of sp³-hybridized carbons (Fsp3) is 0.800. The van der Waals surface area contributed by atoms with Crippen LogP contribution >= 0.6 is 0 Å². The fourth-order valence-electron chi connectivity index (χ4n) is 0.864. The molecule has 0 aromatic heterocycles. The molecule has 0 aliphatic heterocycles. The number of hydrogen-bond acceptors (Lipinski definition) is 1. The van der Waals surface area contributed by atoms with Gasteiger partial charge in [-0.3, -0.25) is 4.79 Å². The summed E-state index contributed by atoms with van der Waals surface area (Å²) in [5.74, 6) is 0.644. The van der Waals surface area contributed by atoms with Crippen molar-refractivity contribution < 1.29 is 4.79 Å². The predicted molar refractivity (Wildman–Crippen MR) is 40.9 cm³/mol. The number of hydrogen-bond donors (Lipinski definition) is 0. The zero-order valence-corrected chi connectivity index (χ0v) is 5.90. The van der Waals surface area contributed by atoms with Gasteiger partial charge in [0.15, 0.2) is 0 Å². The van der Waals surface area contributed by atoms with Crippen LogP contribution in [0.1, 0.15) is 6.92 Å². The number of carbonyl (C=O) groups excluding carboxylic acids is 1. The first kappa shape index (κ1) is 7.80. The second kappa shape index (κ2) is 3.76. The molecule has 44 valence electrons. The average Bonchev–Trinajstić information content (AvgIpc) is 1.69. The van der Waals surface area contributed by atoms with E-state index in [2.05, 4.69) is 15.7 Å². The van der Waals surface area contributed by atoms with Gasteiger partial charge in [-0.05, 0) is 6.92 Å². The van der Waals surface area contributed by atoms with Gasteiger partial charge in [0, 0.05) is 5.92 Å². The molecule has 0 N–H and O–H groups in total. The Balaban J connectivity index is 3.52. The molecule has 0 unspecified atom stereocenters. The monoisotopic (exact) mass is 110 g/mol. The van der Waals surface area contributed by atoms with Crippen LogP contribution in [-0.2, 0) is 4.79 Å². The first-order valence-corrected chi connectivity index (χ1v) is 3.22. The molecule has 0 saturated heterocycles. The maximum atomic E-state index is 10.6. The third-order valence-corrected chi connectivity index (χ3v) is 1.56. The normalized spacial score (nSPS) is 9.75. The zero-order chi connectivity index (χ0) is 6.57. The minimum atomic E-state index is 0.315. The van der Waals surface area contributed by atoms with Gasteiger partial charge >= 0.3 is 0 Å². The quantitative estimate of drug-likeness (QED) is 0.438. The Hall–Kier alpha value is -0.200. The molecule has 3 heteroatoms. The first-order valence-electron chi connectivity index (χ1n) is 3.22. The molecule has 0 saturated carbocycles. The second-order valence-electron chi connectivity index (χ2n) is 2.12. The van der Waals surface area contributed by atoms with Crippen molar-refractivity contribution in [3.8, 4) is 0 Å². The van der Waals surface area contributed by atoms with Crippen LogP contribution in [-0.4, -0.2) is 21.5 Å². The van der Waals surface area contributed by atoms with Crippen molar-refractivity contribution in [2.45, 2.75) is 19.6 Å². The van der Waals surface area contributed by atoms with Crippen molar-refractivity contribution in [3.63, 3.8) is 0 Å². The van der Waals surface area contributed by atoms with E-state index in [0.29, 0.717) is 11.7 Å². The van der Waals surface area contributed by atoms with Crippen LogP contribution in [0.3, 0.4) is 0 Å². The van der Waals surface area contributed by atoms with E-state index in [4.69, 9.17) is 0 Å². The molecule has 0 radical (unpaired) electrons. The van der Waals surface area contributed by atoms with E-state index in [-0.39, 0.29) is 0 Å². The molecule has 0 atom stereocenters. The summed E-state index contributed by atoms with van der Waals surface area (Å²) < 4.78 is 0.